The van der Waals surface area contributed by atoms with Gasteiger partial charge in [-0.2, -0.15) is 0 Å². The highest BCUT2D eigenvalue weighted by Gasteiger charge is 2.38. The number of ether oxygens (including phenoxy) is 1. The molecule has 2 fully saturated rings. The minimum absolute atomic E-state index is 0.254. The van der Waals surface area contributed by atoms with Gasteiger partial charge in [0.05, 0.1) is 17.5 Å². The lowest BCUT2D eigenvalue weighted by Gasteiger charge is -2.44. The van der Waals surface area contributed by atoms with Gasteiger partial charge in [0, 0.05) is 13.2 Å². The fraction of sp³-hybridized carbons (Fsp3) is 0.739. The van der Waals surface area contributed by atoms with E-state index in [-0.39, 0.29) is 11.5 Å². The van der Waals surface area contributed by atoms with Crippen molar-refractivity contribution >= 4 is 11.4 Å². The molecule has 2 saturated carbocycles. The number of methoxy groups -OCH3 is 1. The number of anilines is 2. The van der Waals surface area contributed by atoms with Crippen molar-refractivity contribution in [3.63, 3.8) is 0 Å². The molecule has 0 saturated heterocycles. The number of nitrogen functional groups attached to an aromatic ring is 1. The zero-order valence-electron chi connectivity index (χ0n) is 17.3. The van der Waals surface area contributed by atoms with Crippen LogP contribution >= 0.6 is 0 Å². The largest absolute Gasteiger partial charge is 0.395 e. The average molecular weight is 377 g/mol. The van der Waals surface area contributed by atoms with Gasteiger partial charge in [-0.25, -0.2) is 4.39 Å². The van der Waals surface area contributed by atoms with E-state index in [4.69, 9.17) is 10.5 Å². The lowest BCUT2D eigenvalue weighted by Crippen LogP contribution is -2.36. The van der Waals surface area contributed by atoms with Gasteiger partial charge in [0.2, 0.25) is 0 Å². The van der Waals surface area contributed by atoms with Crippen LogP contribution in [0.5, 0.6) is 0 Å². The van der Waals surface area contributed by atoms with Gasteiger partial charge in [-0.15, -0.1) is 0 Å². The van der Waals surface area contributed by atoms with Gasteiger partial charge in [-0.1, -0.05) is 19.8 Å². The summed E-state index contributed by atoms with van der Waals surface area (Å²) in [4.78, 5) is 0. The molecule has 0 spiro atoms. The van der Waals surface area contributed by atoms with Crippen molar-refractivity contribution < 1.29 is 9.13 Å². The smallest absolute Gasteiger partial charge is 0.148 e. The molecule has 1 aromatic carbocycles. The number of nitrogens with one attached hydrogen (secondary N) is 1. The van der Waals surface area contributed by atoms with Crippen molar-refractivity contribution in [1.82, 2.24) is 0 Å². The number of benzene rings is 1. The second-order valence-corrected chi connectivity index (χ2v) is 9.20. The van der Waals surface area contributed by atoms with Crippen LogP contribution in [0.15, 0.2) is 12.1 Å². The molecule has 0 amide bonds. The van der Waals surface area contributed by atoms with Crippen molar-refractivity contribution in [2.24, 2.45) is 11.3 Å². The van der Waals surface area contributed by atoms with Crippen LogP contribution in [0.2, 0.25) is 0 Å². The first-order valence-electron chi connectivity index (χ1n) is 10.8. The van der Waals surface area contributed by atoms with Crippen LogP contribution in [0.25, 0.3) is 0 Å². The number of rotatable bonds is 4. The SMILES string of the molecule is COC1CCC(C)([C@H]2CCCCC(Nc3cc(C)cc(F)c3N)CC2)CC1. The normalized spacial score (nSPS) is 32.5. The van der Waals surface area contributed by atoms with Gasteiger partial charge >= 0.3 is 0 Å². The first-order chi connectivity index (χ1) is 12.9. The summed E-state index contributed by atoms with van der Waals surface area (Å²) in [6, 6.07) is 3.86. The lowest BCUT2D eigenvalue weighted by atomic mass is 9.63. The molecule has 0 aliphatic heterocycles. The van der Waals surface area contributed by atoms with Crippen LogP contribution in [-0.4, -0.2) is 19.3 Å². The van der Waals surface area contributed by atoms with E-state index in [1.807, 2.05) is 20.1 Å². The fourth-order valence-corrected chi connectivity index (χ4v) is 5.30. The number of hydrogen-bond acceptors (Lipinski definition) is 3. The van der Waals surface area contributed by atoms with E-state index in [9.17, 15) is 4.39 Å². The van der Waals surface area contributed by atoms with Gasteiger partial charge in [0.1, 0.15) is 5.82 Å². The molecule has 3 N–H and O–H groups in total. The molecule has 3 nitrogen and oxygen atoms in total. The molecular weight excluding hydrogens is 339 g/mol. The molecule has 0 radical (unpaired) electrons. The highest BCUT2D eigenvalue weighted by atomic mass is 19.1. The molecule has 2 atom stereocenters. The molecule has 0 aromatic heterocycles. The lowest BCUT2D eigenvalue weighted by molar-refractivity contribution is 0.00304. The molecule has 2 aliphatic carbocycles. The maximum absolute atomic E-state index is 14.0. The summed E-state index contributed by atoms with van der Waals surface area (Å²) in [5.74, 6) is 0.468. The van der Waals surface area contributed by atoms with Crippen molar-refractivity contribution in [3.8, 4) is 0 Å². The van der Waals surface area contributed by atoms with Crippen LogP contribution in [0, 0.1) is 24.1 Å². The highest BCUT2D eigenvalue weighted by Crippen LogP contribution is 2.47. The predicted octanol–water partition coefficient (Wildman–Crippen LogP) is 6.06. The Labute approximate surface area is 164 Å². The molecule has 3 rings (SSSR count). The average Bonchev–Trinajstić information content (AvgIpc) is 2.62. The fourth-order valence-electron chi connectivity index (χ4n) is 5.30. The maximum Gasteiger partial charge on any atom is 0.148 e. The molecule has 1 aromatic rings. The Bertz CT molecular complexity index is 625. The molecule has 1 unspecified atom stereocenters. The minimum Gasteiger partial charge on any atom is -0.395 e. The van der Waals surface area contributed by atoms with Crippen LogP contribution in [0.4, 0.5) is 15.8 Å². The first-order valence-corrected chi connectivity index (χ1v) is 10.8. The quantitative estimate of drug-likeness (QED) is 0.628. The third kappa shape index (κ3) is 4.96. The van der Waals surface area contributed by atoms with Crippen molar-refractivity contribution in [1.29, 1.82) is 0 Å². The Morgan fingerprint density at radius 2 is 1.78 bits per heavy atom. The van der Waals surface area contributed by atoms with E-state index in [1.54, 1.807) is 0 Å². The summed E-state index contributed by atoms with van der Waals surface area (Å²) >= 11 is 0. The van der Waals surface area contributed by atoms with E-state index in [1.165, 1.54) is 57.4 Å². The Kier molecular flexibility index (Phi) is 6.67. The summed E-state index contributed by atoms with van der Waals surface area (Å²) in [6.45, 7) is 4.42. The zero-order chi connectivity index (χ0) is 19.4. The van der Waals surface area contributed by atoms with Gasteiger partial charge in [-0.3, -0.25) is 0 Å². The van der Waals surface area contributed by atoms with Gasteiger partial charge in [0.25, 0.3) is 0 Å². The molecular formula is C23H37FN2O. The molecule has 2 aliphatic rings. The van der Waals surface area contributed by atoms with Gasteiger partial charge in [-0.05, 0) is 87.3 Å². The Morgan fingerprint density at radius 3 is 2.48 bits per heavy atom. The number of halogens is 1. The Balaban J connectivity index is 1.63. The molecule has 27 heavy (non-hydrogen) atoms. The number of hydrogen-bond donors (Lipinski definition) is 2. The van der Waals surface area contributed by atoms with Gasteiger partial charge in [0.15, 0.2) is 0 Å². The second-order valence-electron chi connectivity index (χ2n) is 9.20. The Hall–Kier alpha value is -1.29. The zero-order valence-corrected chi connectivity index (χ0v) is 17.3. The molecule has 4 heteroatoms. The summed E-state index contributed by atoms with van der Waals surface area (Å²) in [6.07, 6.45) is 12.8. The second kappa shape index (κ2) is 8.81. The van der Waals surface area contributed by atoms with E-state index in [0.717, 1.165) is 30.0 Å². The summed E-state index contributed by atoms with van der Waals surface area (Å²) < 4.78 is 19.6. The predicted molar refractivity (Wildman–Crippen MR) is 112 cm³/mol. The number of aryl methyl sites for hydroxylation is 1. The van der Waals surface area contributed by atoms with Crippen LogP contribution in [0.3, 0.4) is 0 Å². The standard InChI is InChI=1S/C23H37FN2O/c1-16-14-20(24)22(25)21(15-16)26-18-7-5-4-6-17(8-9-18)23(2)12-10-19(27-3)11-13-23/h14-15,17-19,26H,4-13,25H2,1-3H3/t17-,18?,19?,23?/m0/s1. The number of nitrogens with two attached hydrogens (primary N) is 1. The van der Waals surface area contributed by atoms with Crippen LogP contribution in [0.1, 0.15) is 76.7 Å². The van der Waals surface area contributed by atoms with Gasteiger partial charge < -0.3 is 15.8 Å². The van der Waals surface area contributed by atoms with Crippen LogP contribution < -0.4 is 11.1 Å². The van der Waals surface area contributed by atoms with E-state index in [0.29, 0.717) is 17.6 Å². The Morgan fingerprint density at radius 1 is 1.07 bits per heavy atom. The molecule has 0 heterocycles. The van der Waals surface area contributed by atoms with Crippen molar-refractivity contribution in [3.05, 3.63) is 23.5 Å². The topological polar surface area (TPSA) is 47.3 Å². The summed E-state index contributed by atoms with van der Waals surface area (Å²) in [5, 5.41) is 3.57. The molecule has 152 valence electrons. The molecule has 0 bridgehead atoms. The van der Waals surface area contributed by atoms with E-state index >= 15 is 0 Å². The highest BCUT2D eigenvalue weighted by molar-refractivity contribution is 5.68. The monoisotopic (exact) mass is 376 g/mol. The summed E-state index contributed by atoms with van der Waals surface area (Å²) in [5.41, 5.74) is 8.36. The van der Waals surface area contributed by atoms with Crippen molar-refractivity contribution in [2.45, 2.75) is 90.2 Å². The third-order valence-electron chi connectivity index (χ3n) is 7.25. The third-order valence-corrected chi connectivity index (χ3v) is 7.25. The van der Waals surface area contributed by atoms with E-state index in [2.05, 4.69) is 12.2 Å². The first kappa shape index (κ1) is 20.4. The minimum atomic E-state index is -0.316. The van der Waals surface area contributed by atoms with E-state index < -0.39 is 0 Å². The van der Waals surface area contributed by atoms with Crippen molar-refractivity contribution in [2.75, 3.05) is 18.2 Å². The van der Waals surface area contributed by atoms with Crippen LogP contribution in [-0.2, 0) is 4.74 Å². The maximum atomic E-state index is 14.0. The summed E-state index contributed by atoms with van der Waals surface area (Å²) in [7, 11) is 1.85.